The van der Waals surface area contributed by atoms with Crippen LogP contribution >= 0.6 is 0 Å². The molecule has 2 aliphatic rings. The maximum Gasteiger partial charge on any atom is 0.137 e. The summed E-state index contributed by atoms with van der Waals surface area (Å²) in [5.41, 5.74) is 2.39. The fraction of sp³-hybridized carbons (Fsp3) is 0.579. The Morgan fingerprint density at radius 3 is 2.96 bits per heavy atom. The highest BCUT2D eigenvalue weighted by Crippen LogP contribution is 2.38. The van der Waals surface area contributed by atoms with Crippen molar-refractivity contribution < 1.29 is 4.74 Å². The lowest BCUT2D eigenvalue weighted by molar-refractivity contribution is 0.138. The van der Waals surface area contributed by atoms with Gasteiger partial charge in [-0.1, -0.05) is 6.92 Å². The van der Waals surface area contributed by atoms with E-state index in [-0.39, 0.29) is 5.60 Å². The van der Waals surface area contributed by atoms with Crippen LogP contribution < -0.4 is 10.1 Å². The molecule has 3 atom stereocenters. The minimum Gasteiger partial charge on any atom is -0.487 e. The van der Waals surface area contributed by atoms with Crippen molar-refractivity contribution in [3.63, 3.8) is 0 Å². The quantitative estimate of drug-likeness (QED) is 0.931. The van der Waals surface area contributed by atoms with E-state index in [0.29, 0.717) is 12.1 Å². The van der Waals surface area contributed by atoms with Gasteiger partial charge in [0.1, 0.15) is 24.0 Å². The van der Waals surface area contributed by atoms with E-state index in [0.717, 1.165) is 30.9 Å². The van der Waals surface area contributed by atoms with E-state index in [1.165, 1.54) is 17.7 Å². The molecule has 0 amide bonds. The highest BCUT2D eigenvalue weighted by molar-refractivity contribution is 5.54. The Morgan fingerprint density at radius 2 is 2.17 bits per heavy atom. The molecule has 0 spiro atoms. The second-order valence-corrected chi connectivity index (χ2v) is 7.97. The number of nitrogens with zero attached hydrogens (tertiary/aromatic N) is 3. The van der Waals surface area contributed by atoms with Crippen LogP contribution in [0, 0.1) is 5.92 Å². The SMILES string of the molecule is CC1CCC(Nc2ccc3c(c2)CC(C)(C)O3)C(n2cncn2)C1. The molecule has 1 N–H and O–H groups in total. The Labute approximate surface area is 143 Å². The van der Waals surface area contributed by atoms with Gasteiger partial charge in [-0.3, -0.25) is 0 Å². The molecule has 5 heteroatoms. The summed E-state index contributed by atoms with van der Waals surface area (Å²) in [6.07, 6.45) is 7.99. The highest BCUT2D eigenvalue weighted by Gasteiger charge is 2.32. The number of aromatic nitrogens is 3. The molecular formula is C19H26N4O. The van der Waals surface area contributed by atoms with Crippen LogP contribution in [-0.2, 0) is 6.42 Å². The van der Waals surface area contributed by atoms with Crippen molar-refractivity contribution in [3.8, 4) is 5.75 Å². The third-order valence-electron chi connectivity index (χ3n) is 5.27. The number of fused-ring (bicyclic) bond motifs is 1. The lowest BCUT2D eigenvalue weighted by Crippen LogP contribution is -2.36. The summed E-state index contributed by atoms with van der Waals surface area (Å²) in [7, 11) is 0. The predicted octanol–water partition coefficient (Wildman–Crippen LogP) is 3.83. The van der Waals surface area contributed by atoms with Gasteiger partial charge in [-0.15, -0.1) is 0 Å². The Bertz CT molecular complexity index is 710. The molecule has 1 aromatic heterocycles. The molecule has 0 radical (unpaired) electrons. The molecular weight excluding hydrogens is 300 g/mol. The maximum absolute atomic E-state index is 5.98. The normalized spacial score (nSPS) is 28.2. The van der Waals surface area contributed by atoms with Gasteiger partial charge in [0.15, 0.2) is 0 Å². The third kappa shape index (κ3) is 2.99. The van der Waals surface area contributed by atoms with Crippen molar-refractivity contribution in [2.45, 2.75) is 64.1 Å². The smallest absolute Gasteiger partial charge is 0.137 e. The van der Waals surface area contributed by atoms with Crippen molar-refractivity contribution in [2.75, 3.05) is 5.32 Å². The Kier molecular flexibility index (Phi) is 3.74. The van der Waals surface area contributed by atoms with Gasteiger partial charge in [-0.25, -0.2) is 9.67 Å². The van der Waals surface area contributed by atoms with Gasteiger partial charge in [-0.05, 0) is 57.2 Å². The first-order valence-electron chi connectivity index (χ1n) is 8.93. The van der Waals surface area contributed by atoms with Gasteiger partial charge in [0, 0.05) is 23.7 Å². The number of rotatable bonds is 3. The summed E-state index contributed by atoms with van der Waals surface area (Å²) in [5.74, 6) is 1.75. The molecule has 1 fully saturated rings. The number of hydrogen-bond acceptors (Lipinski definition) is 4. The van der Waals surface area contributed by atoms with Crippen LogP contribution in [0.15, 0.2) is 30.9 Å². The zero-order valence-corrected chi connectivity index (χ0v) is 14.7. The highest BCUT2D eigenvalue weighted by atomic mass is 16.5. The molecule has 4 rings (SSSR count). The predicted molar refractivity (Wildman–Crippen MR) is 94.3 cm³/mol. The van der Waals surface area contributed by atoms with Crippen LogP contribution in [0.4, 0.5) is 5.69 Å². The monoisotopic (exact) mass is 326 g/mol. The van der Waals surface area contributed by atoms with Gasteiger partial charge in [0.05, 0.1) is 6.04 Å². The van der Waals surface area contributed by atoms with Gasteiger partial charge >= 0.3 is 0 Å². The summed E-state index contributed by atoms with van der Waals surface area (Å²) in [5, 5.41) is 8.14. The van der Waals surface area contributed by atoms with Crippen LogP contribution in [-0.4, -0.2) is 26.4 Å². The summed E-state index contributed by atoms with van der Waals surface area (Å²) < 4.78 is 8.00. The lowest BCUT2D eigenvalue weighted by atomic mass is 9.83. The molecule has 0 saturated heterocycles. The van der Waals surface area contributed by atoms with E-state index in [1.54, 1.807) is 6.33 Å². The van der Waals surface area contributed by atoms with Crippen molar-refractivity contribution in [2.24, 2.45) is 5.92 Å². The minimum absolute atomic E-state index is 0.0928. The second-order valence-electron chi connectivity index (χ2n) is 7.97. The number of hydrogen-bond donors (Lipinski definition) is 1. The second kappa shape index (κ2) is 5.80. The molecule has 1 aliphatic heterocycles. The fourth-order valence-corrected chi connectivity index (χ4v) is 4.11. The Balaban J connectivity index is 1.54. The van der Waals surface area contributed by atoms with Gasteiger partial charge in [0.25, 0.3) is 0 Å². The average Bonchev–Trinajstić information content (AvgIpc) is 3.14. The molecule has 1 aliphatic carbocycles. The Hall–Kier alpha value is -2.04. The minimum atomic E-state index is -0.0928. The molecule has 1 saturated carbocycles. The molecule has 128 valence electrons. The van der Waals surface area contributed by atoms with E-state index in [2.05, 4.69) is 54.4 Å². The fourth-order valence-electron chi connectivity index (χ4n) is 4.11. The van der Waals surface area contributed by atoms with Gasteiger partial charge < -0.3 is 10.1 Å². The van der Waals surface area contributed by atoms with Gasteiger partial charge in [0.2, 0.25) is 0 Å². The van der Waals surface area contributed by atoms with Crippen LogP contribution in [0.5, 0.6) is 5.75 Å². The zero-order chi connectivity index (χ0) is 16.7. The third-order valence-corrected chi connectivity index (χ3v) is 5.27. The molecule has 0 bridgehead atoms. The largest absolute Gasteiger partial charge is 0.487 e. The molecule has 1 aromatic carbocycles. The van der Waals surface area contributed by atoms with Crippen molar-refractivity contribution in [1.29, 1.82) is 0 Å². The lowest BCUT2D eigenvalue weighted by Gasteiger charge is -2.35. The first kappa shape index (κ1) is 15.5. The topological polar surface area (TPSA) is 52.0 Å². The van der Waals surface area contributed by atoms with Crippen molar-refractivity contribution in [3.05, 3.63) is 36.4 Å². The molecule has 3 unspecified atom stereocenters. The van der Waals surface area contributed by atoms with Crippen molar-refractivity contribution in [1.82, 2.24) is 14.8 Å². The van der Waals surface area contributed by atoms with Crippen LogP contribution in [0.2, 0.25) is 0 Å². The average molecular weight is 326 g/mol. The van der Waals surface area contributed by atoms with Gasteiger partial charge in [-0.2, -0.15) is 5.10 Å². The van der Waals surface area contributed by atoms with E-state index in [4.69, 9.17) is 4.74 Å². The summed E-state index contributed by atoms with van der Waals surface area (Å²) >= 11 is 0. The number of benzene rings is 1. The van der Waals surface area contributed by atoms with E-state index < -0.39 is 0 Å². The summed E-state index contributed by atoms with van der Waals surface area (Å²) in [4.78, 5) is 4.13. The van der Waals surface area contributed by atoms with Crippen LogP contribution in [0.1, 0.15) is 51.6 Å². The van der Waals surface area contributed by atoms with Crippen molar-refractivity contribution >= 4 is 5.69 Å². The number of ether oxygens (including phenoxy) is 1. The first-order valence-corrected chi connectivity index (χ1v) is 8.93. The maximum atomic E-state index is 5.98. The van der Waals surface area contributed by atoms with E-state index in [9.17, 15) is 0 Å². The zero-order valence-electron chi connectivity index (χ0n) is 14.7. The number of nitrogens with one attached hydrogen (secondary N) is 1. The first-order chi connectivity index (χ1) is 11.5. The number of anilines is 1. The van der Waals surface area contributed by atoms with Crippen LogP contribution in [0.25, 0.3) is 0 Å². The van der Waals surface area contributed by atoms with Crippen LogP contribution in [0.3, 0.4) is 0 Å². The molecule has 2 aromatic rings. The molecule has 24 heavy (non-hydrogen) atoms. The van der Waals surface area contributed by atoms with E-state index in [1.807, 2.05) is 11.0 Å². The molecule has 5 nitrogen and oxygen atoms in total. The standard InChI is InChI=1S/C19H26N4O/c1-13-4-6-16(17(8-13)23-12-20-11-21-23)22-15-5-7-18-14(9-15)10-19(2,3)24-18/h5,7,9,11-13,16-17,22H,4,6,8,10H2,1-3H3. The van der Waals surface area contributed by atoms with E-state index >= 15 is 0 Å². The summed E-state index contributed by atoms with van der Waals surface area (Å²) in [6.45, 7) is 6.61. The Morgan fingerprint density at radius 1 is 1.29 bits per heavy atom. The molecule has 2 heterocycles. The summed E-state index contributed by atoms with van der Waals surface area (Å²) in [6, 6.07) is 7.23.